The molecule has 0 radical (unpaired) electrons. The highest BCUT2D eigenvalue weighted by Crippen LogP contribution is 2.20. The maximum atomic E-state index is 12.5. The second-order valence-electron chi connectivity index (χ2n) is 6.53. The third-order valence-electron chi connectivity index (χ3n) is 4.35. The lowest BCUT2D eigenvalue weighted by Crippen LogP contribution is -2.22. The number of aromatic nitrogens is 3. The molecule has 0 fully saturated rings. The Labute approximate surface area is 168 Å². The molecule has 0 atom stereocenters. The van der Waals surface area contributed by atoms with Crippen molar-refractivity contribution >= 4 is 5.91 Å². The molecule has 0 aliphatic carbocycles. The van der Waals surface area contributed by atoms with Crippen molar-refractivity contribution in [1.82, 2.24) is 19.9 Å². The molecule has 6 heteroatoms. The van der Waals surface area contributed by atoms with Gasteiger partial charge in [-0.3, -0.25) is 4.79 Å². The predicted octanol–water partition coefficient (Wildman–Crippen LogP) is 4.05. The maximum absolute atomic E-state index is 12.5. The van der Waals surface area contributed by atoms with E-state index in [9.17, 15) is 4.79 Å². The second kappa shape index (κ2) is 8.84. The quantitative estimate of drug-likeness (QED) is 0.522. The Morgan fingerprint density at radius 2 is 1.86 bits per heavy atom. The van der Waals surface area contributed by atoms with Crippen LogP contribution in [-0.2, 0) is 13.1 Å². The minimum atomic E-state index is -0.116. The average molecular weight is 384 g/mol. The first-order valence-corrected chi connectivity index (χ1v) is 9.27. The number of benzene rings is 2. The van der Waals surface area contributed by atoms with Crippen molar-refractivity contribution in [2.75, 3.05) is 0 Å². The van der Waals surface area contributed by atoms with Crippen molar-refractivity contribution in [2.45, 2.75) is 13.1 Å². The number of carbonyl (C=O) groups is 1. The average Bonchev–Trinajstić information content (AvgIpc) is 3.27. The molecule has 0 aliphatic rings. The van der Waals surface area contributed by atoms with Crippen LogP contribution in [0.15, 0.2) is 91.6 Å². The number of nitrogens with one attached hydrogen (secondary N) is 1. The zero-order chi connectivity index (χ0) is 19.9. The Morgan fingerprint density at radius 1 is 0.966 bits per heavy atom. The molecular weight excluding hydrogens is 364 g/mol. The summed E-state index contributed by atoms with van der Waals surface area (Å²) < 4.78 is 7.72. The minimum absolute atomic E-state index is 0.116. The van der Waals surface area contributed by atoms with Crippen LogP contribution in [0.3, 0.4) is 0 Å². The molecule has 1 N–H and O–H groups in total. The number of ether oxygens (including phenoxy) is 1. The van der Waals surface area contributed by atoms with Gasteiger partial charge in [0.1, 0.15) is 5.75 Å². The Bertz CT molecular complexity index is 1060. The van der Waals surface area contributed by atoms with Crippen LogP contribution in [0, 0.1) is 0 Å². The van der Waals surface area contributed by atoms with E-state index in [4.69, 9.17) is 4.74 Å². The maximum Gasteiger partial charge on any atom is 0.251 e. The molecule has 2 aromatic heterocycles. The van der Waals surface area contributed by atoms with E-state index in [1.807, 2.05) is 71.4 Å². The van der Waals surface area contributed by atoms with Crippen LogP contribution in [0.1, 0.15) is 21.5 Å². The topological polar surface area (TPSA) is 69.0 Å². The molecule has 2 heterocycles. The van der Waals surface area contributed by atoms with Crippen molar-refractivity contribution in [3.8, 4) is 11.6 Å². The highest BCUT2D eigenvalue weighted by Gasteiger charge is 2.06. The van der Waals surface area contributed by atoms with Crippen LogP contribution in [0.25, 0.3) is 0 Å². The highest BCUT2D eigenvalue weighted by molar-refractivity contribution is 5.94. The predicted molar refractivity (Wildman–Crippen MR) is 110 cm³/mol. The molecule has 6 nitrogen and oxygen atoms in total. The smallest absolute Gasteiger partial charge is 0.251 e. The molecule has 0 spiro atoms. The van der Waals surface area contributed by atoms with Gasteiger partial charge in [-0.25, -0.2) is 9.97 Å². The van der Waals surface area contributed by atoms with Gasteiger partial charge in [0.2, 0.25) is 5.88 Å². The van der Waals surface area contributed by atoms with Gasteiger partial charge < -0.3 is 14.6 Å². The molecule has 2 aromatic carbocycles. The molecular formula is C23H20N4O2. The van der Waals surface area contributed by atoms with E-state index in [0.29, 0.717) is 23.7 Å². The van der Waals surface area contributed by atoms with Gasteiger partial charge in [-0.05, 0) is 41.5 Å². The fraction of sp³-hybridized carbons (Fsp3) is 0.0870. The van der Waals surface area contributed by atoms with Crippen LogP contribution >= 0.6 is 0 Å². The lowest BCUT2D eigenvalue weighted by Gasteiger charge is -2.09. The largest absolute Gasteiger partial charge is 0.439 e. The zero-order valence-electron chi connectivity index (χ0n) is 15.7. The number of carbonyl (C=O) groups excluding carboxylic acids is 1. The first-order chi connectivity index (χ1) is 14.3. The Hall–Kier alpha value is -3.93. The summed E-state index contributed by atoms with van der Waals surface area (Å²) in [6.07, 6.45) is 7.11. The SMILES string of the molecule is O=C(NCc1cccc(Oc2ccccn2)c1)c1ccc(Cn2ccnc2)cc1. The van der Waals surface area contributed by atoms with E-state index in [0.717, 1.165) is 17.7 Å². The molecule has 0 bridgehead atoms. The number of imidazole rings is 1. The van der Waals surface area contributed by atoms with Gasteiger partial charge in [-0.15, -0.1) is 0 Å². The van der Waals surface area contributed by atoms with E-state index >= 15 is 0 Å². The Balaban J connectivity index is 1.34. The molecule has 0 aliphatic heterocycles. The van der Waals surface area contributed by atoms with E-state index in [-0.39, 0.29) is 5.91 Å². The highest BCUT2D eigenvalue weighted by atomic mass is 16.5. The van der Waals surface area contributed by atoms with Crippen LogP contribution < -0.4 is 10.1 Å². The minimum Gasteiger partial charge on any atom is -0.439 e. The van der Waals surface area contributed by atoms with Crippen molar-refractivity contribution in [2.24, 2.45) is 0 Å². The first kappa shape index (κ1) is 18.4. The van der Waals surface area contributed by atoms with E-state index in [1.54, 1.807) is 24.8 Å². The van der Waals surface area contributed by atoms with E-state index in [1.165, 1.54) is 0 Å². The standard InChI is InChI=1S/C23H20N4O2/c28-23(20-9-7-18(8-10-20)16-27-13-12-24-17-27)26-15-19-4-3-5-21(14-19)29-22-6-1-2-11-25-22/h1-14,17H,15-16H2,(H,26,28). The summed E-state index contributed by atoms with van der Waals surface area (Å²) in [5.74, 6) is 1.10. The van der Waals surface area contributed by atoms with Gasteiger partial charge in [0.15, 0.2) is 0 Å². The van der Waals surface area contributed by atoms with Gasteiger partial charge in [0, 0.05) is 43.3 Å². The van der Waals surface area contributed by atoms with Crippen LogP contribution in [0.2, 0.25) is 0 Å². The van der Waals surface area contributed by atoms with Gasteiger partial charge in [-0.1, -0.05) is 30.3 Å². The number of nitrogens with zero attached hydrogens (tertiary/aromatic N) is 3. The summed E-state index contributed by atoms with van der Waals surface area (Å²) in [4.78, 5) is 20.6. The Morgan fingerprint density at radius 3 is 2.62 bits per heavy atom. The molecule has 0 saturated carbocycles. The lowest BCUT2D eigenvalue weighted by molar-refractivity contribution is 0.0951. The van der Waals surface area contributed by atoms with Crippen molar-refractivity contribution in [3.63, 3.8) is 0 Å². The molecule has 0 unspecified atom stereocenters. The monoisotopic (exact) mass is 384 g/mol. The van der Waals surface area contributed by atoms with Gasteiger partial charge >= 0.3 is 0 Å². The van der Waals surface area contributed by atoms with Crippen molar-refractivity contribution < 1.29 is 9.53 Å². The number of amides is 1. The molecule has 1 amide bonds. The summed E-state index contributed by atoms with van der Waals surface area (Å²) in [5.41, 5.74) is 2.68. The molecule has 0 saturated heterocycles. The Kier molecular flexibility index (Phi) is 5.62. The van der Waals surface area contributed by atoms with Crippen LogP contribution in [0.5, 0.6) is 11.6 Å². The third kappa shape index (κ3) is 5.07. The molecule has 144 valence electrons. The first-order valence-electron chi connectivity index (χ1n) is 9.27. The summed E-state index contributed by atoms with van der Waals surface area (Å²) in [6, 6.07) is 20.7. The summed E-state index contributed by atoms with van der Waals surface area (Å²) in [7, 11) is 0. The summed E-state index contributed by atoms with van der Waals surface area (Å²) >= 11 is 0. The second-order valence-corrected chi connectivity index (χ2v) is 6.53. The van der Waals surface area contributed by atoms with Crippen LogP contribution in [0.4, 0.5) is 0 Å². The summed E-state index contributed by atoms with van der Waals surface area (Å²) in [5, 5.41) is 2.95. The number of hydrogen-bond donors (Lipinski definition) is 1. The normalized spacial score (nSPS) is 10.5. The number of hydrogen-bond acceptors (Lipinski definition) is 4. The zero-order valence-corrected chi connectivity index (χ0v) is 15.7. The molecule has 29 heavy (non-hydrogen) atoms. The van der Waals surface area contributed by atoms with Gasteiger partial charge in [0.05, 0.1) is 6.33 Å². The van der Waals surface area contributed by atoms with Crippen molar-refractivity contribution in [1.29, 1.82) is 0 Å². The third-order valence-corrected chi connectivity index (χ3v) is 4.35. The number of pyridine rings is 1. The van der Waals surface area contributed by atoms with E-state index in [2.05, 4.69) is 15.3 Å². The van der Waals surface area contributed by atoms with Crippen LogP contribution in [-0.4, -0.2) is 20.4 Å². The van der Waals surface area contributed by atoms with E-state index < -0.39 is 0 Å². The lowest BCUT2D eigenvalue weighted by atomic mass is 10.1. The fourth-order valence-electron chi connectivity index (χ4n) is 2.88. The number of rotatable bonds is 7. The fourth-order valence-corrected chi connectivity index (χ4v) is 2.88. The molecule has 4 aromatic rings. The molecule has 4 rings (SSSR count). The summed E-state index contributed by atoms with van der Waals surface area (Å²) in [6.45, 7) is 1.14. The van der Waals surface area contributed by atoms with Crippen molar-refractivity contribution in [3.05, 3.63) is 108 Å². The van der Waals surface area contributed by atoms with Gasteiger partial charge in [0.25, 0.3) is 5.91 Å². The van der Waals surface area contributed by atoms with Gasteiger partial charge in [-0.2, -0.15) is 0 Å².